The van der Waals surface area contributed by atoms with Gasteiger partial charge < -0.3 is 5.11 Å². The molecule has 0 saturated heterocycles. The molecule has 0 aliphatic heterocycles. The van der Waals surface area contributed by atoms with Gasteiger partial charge in [0.25, 0.3) is 0 Å². The summed E-state index contributed by atoms with van der Waals surface area (Å²) >= 11 is 0. The summed E-state index contributed by atoms with van der Waals surface area (Å²) in [6.45, 7) is 2.54. The fourth-order valence-electron chi connectivity index (χ4n) is 4.30. The molecule has 0 spiro atoms. The number of ketones is 1. The van der Waals surface area contributed by atoms with Gasteiger partial charge in [-0.25, -0.2) is 14.5 Å². The number of aromatic nitrogens is 3. The Balaban J connectivity index is 1.54. The van der Waals surface area contributed by atoms with Gasteiger partial charge in [-0.2, -0.15) is 0 Å². The minimum atomic E-state index is -0.940. The quantitative estimate of drug-likeness (QED) is 0.546. The lowest BCUT2D eigenvalue weighted by molar-refractivity contribution is 0.0697. The number of carboxylic acid groups (broad SMARTS) is 1. The van der Waals surface area contributed by atoms with Crippen molar-refractivity contribution < 1.29 is 14.7 Å². The Kier molecular flexibility index (Phi) is 6.26. The lowest BCUT2D eigenvalue weighted by Crippen LogP contribution is -2.19. The molecule has 1 aliphatic rings. The fraction of sp³-hybridized carbons (Fsp3) is 0.360. The van der Waals surface area contributed by atoms with Crippen LogP contribution in [0.5, 0.6) is 0 Å². The highest BCUT2D eigenvalue weighted by Crippen LogP contribution is 2.27. The largest absolute Gasteiger partial charge is 0.478 e. The van der Waals surface area contributed by atoms with Crippen LogP contribution in [0.1, 0.15) is 71.4 Å². The first kappa shape index (κ1) is 21.0. The average molecular weight is 418 g/mol. The summed E-state index contributed by atoms with van der Waals surface area (Å²) in [5.74, 6) is 0.344. The predicted octanol–water partition coefficient (Wildman–Crippen LogP) is 5.02. The molecule has 6 heteroatoms. The summed E-state index contributed by atoms with van der Waals surface area (Å²) in [7, 11) is 0. The van der Waals surface area contributed by atoms with E-state index in [2.05, 4.69) is 10.1 Å². The minimum absolute atomic E-state index is 0.0582. The van der Waals surface area contributed by atoms with Crippen molar-refractivity contribution >= 4 is 11.8 Å². The number of aromatic carboxylic acids is 1. The van der Waals surface area contributed by atoms with E-state index in [4.69, 9.17) is 0 Å². The Morgan fingerprint density at radius 3 is 2.42 bits per heavy atom. The summed E-state index contributed by atoms with van der Waals surface area (Å²) in [6, 6.07) is 14.8. The first-order valence-corrected chi connectivity index (χ1v) is 11.0. The molecule has 4 rings (SSSR count). The predicted molar refractivity (Wildman–Crippen MR) is 118 cm³/mol. The first-order valence-electron chi connectivity index (χ1n) is 11.0. The van der Waals surface area contributed by atoms with Gasteiger partial charge >= 0.3 is 5.97 Å². The van der Waals surface area contributed by atoms with Gasteiger partial charge in [0.2, 0.25) is 11.6 Å². The van der Waals surface area contributed by atoms with Crippen molar-refractivity contribution in [2.75, 3.05) is 0 Å². The molecule has 0 bridgehead atoms. The highest BCUT2D eigenvalue weighted by atomic mass is 16.4. The molecule has 31 heavy (non-hydrogen) atoms. The third-order valence-corrected chi connectivity index (χ3v) is 6.02. The van der Waals surface area contributed by atoms with Crippen molar-refractivity contribution in [2.45, 2.75) is 52.0 Å². The number of benzene rings is 2. The summed E-state index contributed by atoms with van der Waals surface area (Å²) in [5, 5.41) is 14.0. The van der Waals surface area contributed by atoms with Gasteiger partial charge in [-0.1, -0.05) is 68.7 Å². The number of hydrogen-bond acceptors (Lipinski definition) is 4. The van der Waals surface area contributed by atoms with Crippen molar-refractivity contribution in [1.82, 2.24) is 14.8 Å². The van der Waals surface area contributed by atoms with Gasteiger partial charge in [0.1, 0.15) is 5.82 Å². The van der Waals surface area contributed by atoms with Gasteiger partial charge in [-0.15, -0.1) is 5.10 Å². The van der Waals surface area contributed by atoms with Crippen molar-refractivity contribution in [3.8, 4) is 11.1 Å². The van der Waals surface area contributed by atoms with Crippen molar-refractivity contribution in [3.63, 3.8) is 0 Å². The second kappa shape index (κ2) is 9.25. The summed E-state index contributed by atoms with van der Waals surface area (Å²) in [5.41, 5.74) is 2.85. The maximum Gasteiger partial charge on any atom is 0.336 e. The number of carboxylic acids is 1. The molecule has 0 amide bonds. The molecule has 0 unspecified atom stereocenters. The van der Waals surface area contributed by atoms with E-state index in [1.165, 1.54) is 6.42 Å². The first-order chi connectivity index (χ1) is 15.1. The number of carbonyl (C=O) groups excluding carboxylic acids is 1. The van der Waals surface area contributed by atoms with Crippen LogP contribution in [-0.4, -0.2) is 31.6 Å². The van der Waals surface area contributed by atoms with Gasteiger partial charge in [-0.3, -0.25) is 4.79 Å². The van der Waals surface area contributed by atoms with E-state index in [1.807, 2.05) is 48.0 Å². The highest BCUT2D eigenvalue weighted by molar-refractivity contribution is 5.96. The van der Waals surface area contributed by atoms with Gasteiger partial charge in [0, 0.05) is 12.3 Å². The average Bonchev–Trinajstić information content (AvgIpc) is 3.22. The van der Waals surface area contributed by atoms with Crippen molar-refractivity contribution in [2.24, 2.45) is 5.92 Å². The summed E-state index contributed by atoms with van der Waals surface area (Å²) in [6.07, 6.45) is 6.00. The summed E-state index contributed by atoms with van der Waals surface area (Å²) in [4.78, 5) is 28.9. The Hall–Kier alpha value is -3.28. The van der Waals surface area contributed by atoms with Crippen molar-refractivity contribution in [1.29, 1.82) is 0 Å². The van der Waals surface area contributed by atoms with Crippen LogP contribution in [-0.2, 0) is 13.0 Å². The monoisotopic (exact) mass is 417 g/mol. The zero-order chi connectivity index (χ0) is 21.8. The number of nitrogens with zero attached hydrogens (tertiary/aromatic N) is 3. The molecule has 1 aliphatic carbocycles. The molecule has 1 saturated carbocycles. The van der Waals surface area contributed by atoms with Crippen LogP contribution in [0, 0.1) is 5.92 Å². The molecular weight excluding hydrogens is 390 g/mol. The third kappa shape index (κ3) is 4.58. The number of rotatable bonds is 7. The number of hydrogen-bond donors (Lipinski definition) is 1. The lowest BCUT2D eigenvalue weighted by Gasteiger charge is -2.18. The maximum atomic E-state index is 12.8. The van der Waals surface area contributed by atoms with E-state index in [-0.39, 0.29) is 17.3 Å². The third-order valence-electron chi connectivity index (χ3n) is 6.02. The molecule has 1 heterocycles. The SMILES string of the molecule is CCc1nc(C(=O)C2CCCCC2)nn1Cc1ccc(-c2ccccc2C(=O)O)cc1. The van der Waals surface area contributed by atoms with E-state index in [0.29, 0.717) is 24.4 Å². The normalized spacial score (nSPS) is 14.5. The van der Waals surface area contributed by atoms with E-state index in [0.717, 1.165) is 42.6 Å². The molecule has 160 valence electrons. The van der Waals surface area contributed by atoms with Crippen LogP contribution in [0.2, 0.25) is 0 Å². The molecular formula is C25H27N3O3. The van der Waals surface area contributed by atoms with E-state index < -0.39 is 5.97 Å². The van der Waals surface area contributed by atoms with Gasteiger partial charge in [0.15, 0.2) is 0 Å². The molecule has 6 nitrogen and oxygen atoms in total. The van der Waals surface area contributed by atoms with Crippen LogP contribution in [0.25, 0.3) is 11.1 Å². The molecule has 1 aromatic heterocycles. The zero-order valence-electron chi connectivity index (χ0n) is 17.8. The van der Waals surface area contributed by atoms with Crippen LogP contribution in [0.15, 0.2) is 48.5 Å². The Morgan fingerprint density at radius 1 is 1.03 bits per heavy atom. The zero-order valence-corrected chi connectivity index (χ0v) is 17.8. The number of aryl methyl sites for hydroxylation is 1. The van der Waals surface area contributed by atoms with Gasteiger partial charge in [-0.05, 0) is 35.6 Å². The second-order valence-corrected chi connectivity index (χ2v) is 8.11. The van der Waals surface area contributed by atoms with Crippen LogP contribution in [0.3, 0.4) is 0 Å². The standard InChI is InChI=1S/C25H27N3O3/c1-2-22-26-24(23(29)19-8-4-3-5-9-19)27-28(22)16-17-12-14-18(15-13-17)20-10-6-7-11-21(20)25(30)31/h6-7,10-15,19H,2-5,8-9,16H2,1H3,(H,30,31). The smallest absolute Gasteiger partial charge is 0.336 e. The van der Waals surface area contributed by atoms with Crippen molar-refractivity contribution in [3.05, 3.63) is 71.3 Å². The Bertz CT molecular complexity index is 1080. The lowest BCUT2D eigenvalue weighted by atomic mass is 9.86. The Morgan fingerprint density at radius 2 is 1.74 bits per heavy atom. The maximum absolute atomic E-state index is 12.8. The summed E-state index contributed by atoms with van der Waals surface area (Å²) < 4.78 is 1.82. The van der Waals surface area contributed by atoms with E-state index in [9.17, 15) is 14.7 Å². The number of Topliss-reactive ketones (excluding diaryl/α,β-unsaturated/α-hetero) is 1. The number of carbonyl (C=O) groups is 2. The van der Waals surface area contributed by atoms with Crippen LogP contribution >= 0.6 is 0 Å². The van der Waals surface area contributed by atoms with Crippen LogP contribution in [0.4, 0.5) is 0 Å². The molecule has 1 fully saturated rings. The highest BCUT2D eigenvalue weighted by Gasteiger charge is 2.26. The second-order valence-electron chi connectivity index (χ2n) is 8.11. The molecule has 2 aromatic carbocycles. The Labute approximate surface area is 181 Å². The molecule has 0 atom stereocenters. The van der Waals surface area contributed by atoms with Crippen LogP contribution < -0.4 is 0 Å². The topological polar surface area (TPSA) is 85.1 Å². The fourth-order valence-corrected chi connectivity index (χ4v) is 4.30. The van der Waals surface area contributed by atoms with E-state index in [1.54, 1.807) is 12.1 Å². The molecule has 3 aromatic rings. The van der Waals surface area contributed by atoms with E-state index >= 15 is 0 Å². The van der Waals surface area contributed by atoms with Gasteiger partial charge in [0.05, 0.1) is 12.1 Å². The minimum Gasteiger partial charge on any atom is -0.478 e. The molecule has 1 N–H and O–H groups in total. The molecule has 0 radical (unpaired) electrons.